The number of amides is 1. The molecule has 1 unspecified atom stereocenters. The summed E-state index contributed by atoms with van der Waals surface area (Å²) in [6, 6.07) is 5.61. The maximum atomic E-state index is 12.6. The Morgan fingerprint density at radius 3 is 2.93 bits per heavy atom. The Labute approximate surface area is 169 Å². The highest BCUT2D eigenvalue weighted by atomic mass is 16.7. The van der Waals surface area contributed by atoms with Crippen molar-refractivity contribution in [1.82, 2.24) is 19.7 Å². The van der Waals surface area contributed by atoms with Crippen LogP contribution < -0.4 is 20.5 Å². The van der Waals surface area contributed by atoms with Crippen LogP contribution in [-0.2, 0) is 30.7 Å². The van der Waals surface area contributed by atoms with Crippen molar-refractivity contribution in [2.75, 3.05) is 6.79 Å². The number of hydrogen-bond donors (Lipinski definition) is 1. The molecule has 8 heteroatoms. The number of fused-ring (bicyclic) bond motifs is 2. The van der Waals surface area contributed by atoms with Crippen molar-refractivity contribution in [3.8, 4) is 11.5 Å². The number of carbonyl (C=O) groups excluding carboxylic acids is 1. The molecule has 1 aromatic carbocycles. The first-order valence-electron chi connectivity index (χ1n) is 10.3. The van der Waals surface area contributed by atoms with Crippen molar-refractivity contribution in [2.24, 2.45) is 5.92 Å². The highest BCUT2D eigenvalue weighted by Gasteiger charge is 2.22. The molecule has 0 bridgehead atoms. The summed E-state index contributed by atoms with van der Waals surface area (Å²) in [7, 11) is 0. The van der Waals surface area contributed by atoms with Gasteiger partial charge in [0, 0.05) is 25.6 Å². The molecule has 0 spiro atoms. The van der Waals surface area contributed by atoms with Gasteiger partial charge in [-0.05, 0) is 42.9 Å². The first kappa shape index (κ1) is 19.5. The first-order valence-corrected chi connectivity index (χ1v) is 10.3. The van der Waals surface area contributed by atoms with Crippen LogP contribution in [0.5, 0.6) is 11.5 Å². The fourth-order valence-corrected chi connectivity index (χ4v) is 3.81. The lowest BCUT2D eigenvalue weighted by atomic mass is 10.1. The average Bonchev–Trinajstić information content (AvgIpc) is 3.20. The van der Waals surface area contributed by atoms with E-state index in [9.17, 15) is 9.59 Å². The predicted molar refractivity (Wildman–Crippen MR) is 107 cm³/mol. The van der Waals surface area contributed by atoms with Crippen molar-refractivity contribution in [1.29, 1.82) is 0 Å². The minimum atomic E-state index is -0.0343. The lowest BCUT2D eigenvalue weighted by Gasteiger charge is -2.16. The van der Waals surface area contributed by atoms with E-state index < -0.39 is 0 Å². The highest BCUT2D eigenvalue weighted by molar-refractivity contribution is 5.79. The first-order chi connectivity index (χ1) is 14.0. The maximum Gasteiger partial charge on any atom is 0.345 e. The summed E-state index contributed by atoms with van der Waals surface area (Å²) in [5.74, 6) is 2.73. The second kappa shape index (κ2) is 8.31. The van der Waals surface area contributed by atoms with Gasteiger partial charge < -0.3 is 14.8 Å². The van der Waals surface area contributed by atoms with Gasteiger partial charge >= 0.3 is 5.69 Å². The Hall–Kier alpha value is -2.77. The maximum absolute atomic E-state index is 12.6. The minimum absolute atomic E-state index is 0.0252. The Morgan fingerprint density at radius 1 is 1.28 bits per heavy atom. The highest BCUT2D eigenvalue weighted by Crippen LogP contribution is 2.32. The number of nitrogens with one attached hydrogen (secondary N) is 1. The number of hydrogen-bond acceptors (Lipinski definition) is 5. The van der Waals surface area contributed by atoms with Crippen molar-refractivity contribution in [3.63, 3.8) is 0 Å². The zero-order valence-electron chi connectivity index (χ0n) is 17.0. The van der Waals surface area contributed by atoms with E-state index in [2.05, 4.69) is 24.3 Å². The summed E-state index contributed by atoms with van der Waals surface area (Å²) in [4.78, 5) is 25.1. The quantitative estimate of drug-likeness (QED) is 0.800. The molecule has 2 aromatic rings. The molecule has 2 aliphatic heterocycles. The van der Waals surface area contributed by atoms with Crippen LogP contribution in [-0.4, -0.2) is 33.1 Å². The van der Waals surface area contributed by atoms with E-state index in [1.54, 1.807) is 9.25 Å². The summed E-state index contributed by atoms with van der Waals surface area (Å²) < 4.78 is 14.0. The van der Waals surface area contributed by atoms with Crippen molar-refractivity contribution < 1.29 is 14.3 Å². The van der Waals surface area contributed by atoms with Crippen molar-refractivity contribution >= 4 is 5.91 Å². The van der Waals surface area contributed by atoms with Gasteiger partial charge in [0.25, 0.3) is 0 Å². The molecule has 0 aliphatic carbocycles. The SMILES string of the molecule is CC(C)CCn1nc2n(c1=O)CCC(NC(=O)Cc1ccc3c(c1)OCO3)CC2. The molecule has 156 valence electrons. The number of rotatable bonds is 6. The largest absolute Gasteiger partial charge is 0.454 e. The second-order valence-electron chi connectivity index (χ2n) is 8.21. The molecular formula is C21H28N4O4. The third-order valence-electron chi connectivity index (χ3n) is 5.50. The number of ether oxygens (including phenoxy) is 2. The molecule has 1 amide bonds. The minimum Gasteiger partial charge on any atom is -0.454 e. The van der Waals surface area contributed by atoms with Crippen LogP contribution in [0.3, 0.4) is 0 Å². The van der Waals surface area contributed by atoms with Crippen LogP contribution >= 0.6 is 0 Å². The Kier molecular flexibility index (Phi) is 5.60. The van der Waals surface area contributed by atoms with Gasteiger partial charge in [0.1, 0.15) is 5.82 Å². The van der Waals surface area contributed by atoms with E-state index in [-0.39, 0.29) is 24.4 Å². The molecule has 0 saturated carbocycles. The average molecular weight is 400 g/mol. The van der Waals surface area contributed by atoms with E-state index >= 15 is 0 Å². The van der Waals surface area contributed by atoms with Gasteiger partial charge in [-0.3, -0.25) is 9.36 Å². The predicted octanol–water partition coefficient (Wildman–Crippen LogP) is 1.88. The Morgan fingerprint density at radius 2 is 2.10 bits per heavy atom. The van der Waals surface area contributed by atoms with Crippen LogP contribution in [0.4, 0.5) is 0 Å². The van der Waals surface area contributed by atoms with Gasteiger partial charge in [-0.1, -0.05) is 19.9 Å². The number of aromatic nitrogens is 3. The normalized spacial score (nSPS) is 17.8. The van der Waals surface area contributed by atoms with Gasteiger partial charge in [-0.25, -0.2) is 9.48 Å². The lowest BCUT2D eigenvalue weighted by Crippen LogP contribution is -2.36. The number of carbonyl (C=O) groups is 1. The van der Waals surface area contributed by atoms with Crippen LogP contribution in [0.2, 0.25) is 0 Å². The molecule has 3 heterocycles. The van der Waals surface area contributed by atoms with Gasteiger partial charge in [-0.2, -0.15) is 5.10 Å². The summed E-state index contributed by atoms with van der Waals surface area (Å²) in [5, 5.41) is 7.64. The van der Waals surface area contributed by atoms with E-state index in [0.29, 0.717) is 43.3 Å². The molecule has 0 fully saturated rings. The van der Waals surface area contributed by atoms with E-state index in [4.69, 9.17) is 9.47 Å². The molecule has 0 radical (unpaired) electrons. The molecule has 29 heavy (non-hydrogen) atoms. The zero-order valence-corrected chi connectivity index (χ0v) is 17.0. The van der Waals surface area contributed by atoms with Gasteiger partial charge in [0.05, 0.1) is 6.42 Å². The third kappa shape index (κ3) is 4.46. The fourth-order valence-electron chi connectivity index (χ4n) is 3.81. The molecular weight excluding hydrogens is 372 g/mol. The topological polar surface area (TPSA) is 87.4 Å². The van der Waals surface area contributed by atoms with Crippen molar-refractivity contribution in [3.05, 3.63) is 40.1 Å². The smallest absolute Gasteiger partial charge is 0.345 e. The summed E-state index contributed by atoms with van der Waals surface area (Å²) >= 11 is 0. The monoisotopic (exact) mass is 400 g/mol. The molecule has 8 nitrogen and oxygen atoms in total. The molecule has 0 saturated heterocycles. The summed E-state index contributed by atoms with van der Waals surface area (Å²) in [6.45, 7) is 5.75. The fraction of sp³-hybridized carbons (Fsp3) is 0.571. The Balaban J connectivity index is 1.33. The Bertz CT molecular complexity index is 947. The van der Waals surface area contributed by atoms with Gasteiger partial charge in [0.15, 0.2) is 11.5 Å². The standard InChI is InChI=1S/C21H28N4O4/c1-14(2)7-10-25-21(27)24-9-8-16(4-6-19(24)23-25)22-20(26)12-15-3-5-17-18(11-15)29-13-28-17/h3,5,11,14,16H,4,6-10,12-13H2,1-2H3,(H,22,26). The van der Waals surface area contributed by atoms with Crippen LogP contribution in [0.1, 0.15) is 44.5 Å². The second-order valence-corrected chi connectivity index (χ2v) is 8.21. The van der Waals surface area contributed by atoms with Crippen LogP contribution in [0, 0.1) is 5.92 Å². The van der Waals surface area contributed by atoms with Gasteiger partial charge in [-0.15, -0.1) is 0 Å². The van der Waals surface area contributed by atoms with Crippen LogP contribution in [0.25, 0.3) is 0 Å². The van der Waals surface area contributed by atoms with Crippen molar-refractivity contribution in [2.45, 2.75) is 65.1 Å². The van der Waals surface area contributed by atoms with Gasteiger partial charge in [0.2, 0.25) is 12.7 Å². The number of benzene rings is 1. The van der Waals surface area contributed by atoms with E-state index in [1.165, 1.54) is 0 Å². The number of aryl methyl sites for hydroxylation is 2. The third-order valence-corrected chi connectivity index (χ3v) is 5.50. The van der Waals surface area contributed by atoms with E-state index in [0.717, 1.165) is 30.7 Å². The van der Waals surface area contributed by atoms with Crippen LogP contribution in [0.15, 0.2) is 23.0 Å². The summed E-state index contributed by atoms with van der Waals surface area (Å²) in [6.07, 6.45) is 3.44. The molecule has 2 aliphatic rings. The van der Waals surface area contributed by atoms with E-state index in [1.807, 2.05) is 18.2 Å². The molecule has 1 aromatic heterocycles. The molecule has 1 N–H and O–H groups in total. The zero-order chi connectivity index (χ0) is 20.4. The number of nitrogens with zero attached hydrogens (tertiary/aromatic N) is 3. The lowest BCUT2D eigenvalue weighted by molar-refractivity contribution is -0.121. The molecule has 4 rings (SSSR count). The summed E-state index contributed by atoms with van der Waals surface area (Å²) in [5.41, 5.74) is 0.856. The molecule has 1 atom stereocenters.